The molecular weight excluding hydrogens is 274 g/mol. The summed E-state index contributed by atoms with van der Waals surface area (Å²) in [5.74, 6) is -0.585. The lowest BCUT2D eigenvalue weighted by molar-refractivity contribution is -0.134. The Morgan fingerprint density at radius 1 is 1.00 bits per heavy atom. The summed E-state index contributed by atoms with van der Waals surface area (Å²) in [5.41, 5.74) is 2.34. The van der Waals surface area contributed by atoms with Crippen LogP contribution in [0.2, 0.25) is 0 Å². The van der Waals surface area contributed by atoms with Crippen molar-refractivity contribution < 1.29 is 9.59 Å². The lowest BCUT2D eigenvalue weighted by atomic mass is 9.80. The summed E-state index contributed by atoms with van der Waals surface area (Å²) in [6.07, 6.45) is 0.995. The molecule has 1 saturated heterocycles. The number of imide groups is 1. The molecule has 0 aliphatic carbocycles. The fraction of sp³-hybridized carbons (Fsp3) is 0.368. The van der Waals surface area contributed by atoms with E-state index in [4.69, 9.17) is 0 Å². The Morgan fingerprint density at radius 2 is 1.68 bits per heavy atom. The zero-order chi connectivity index (χ0) is 15.9. The molecule has 2 amide bonds. The van der Waals surface area contributed by atoms with Crippen LogP contribution in [0, 0.1) is 0 Å². The highest BCUT2D eigenvalue weighted by atomic mass is 16.2. The van der Waals surface area contributed by atoms with Crippen molar-refractivity contribution in [3.63, 3.8) is 0 Å². The average Bonchev–Trinajstić information content (AvgIpc) is 2.45. The minimum Gasteiger partial charge on any atom is -0.296 e. The summed E-state index contributed by atoms with van der Waals surface area (Å²) < 4.78 is 0. The maximum Gasteiger partial charge on any atom is 0.234 e. The summed E-state index contributed by atoms with van der Waals surface area (Å²) in [5, 5.41) is 4.77. The number of rotatable bonds is 1. The first-order valence-corrected chi connectivity index (χ1v) is 7.74. The van der Waals surface area contributed by atoms with E-state index >= 15 is 0 Å². The first-order chi connectivity index (χ1) is 10.4. The first kappa shape index (κ1) is 14.8. The SMILES string of the molecule is CC(C)(C)c1ccc(C2CCC(=O)NC2=O)c2ccccc12. The van der Waals surface area contributed by atoms with Gasteiger partial charge < -0.3 is 0 Å². The Bertz CT molecular complexity index is 756. The summed E-state index contributed by atoms with van der Waals surface area (Å²) in [7, 11) is 0. The summed E-state index contributed by atoms with van der Waals surface area (Å²) >= 11 is 0. The summed E-state index contributed by atoms with van der Waals surface area (Å²) in [6, 6.07) is 12.4. The van der Waals surface area contributed by atoms with Crippen LogP contribution >= 0.6 is 0 Å². The molecule has 22 heavy (non-hydrogen) atoms. The van der Waals surface area contributed by atoms with E-state index in [1.54, 1.807) is 0 Å². The number of nitrogens with one attached hydrogen (secondary N) is 1. The summed E-state index contributed by atoms with van der Waals surface area (Å²) in [4.78, 5) is 23.6. The van der Waals surface area contributed by atoms with Crippen LogP contribution in [0.3, 0.4) is 0 Å². The molecule has 1 atom stereocenters. The van der Waals surface area contributed by atoms with Gasteiger partial charge in [0.1, 0.15) is 0 Å². The molecule has 3 heteroatoms. The lowest BCUT2D eigenvalue weighted by Crippen LogP contribution is -2.39. The molecule has 1 heterocycles. The largest absolute Gasteiger partial charge is 0.296 e. The van der Waals surface area contributed by atoms with Crippen LogP contribution in [0.15, 0.2) is 36.4 Å². The van der Waals surface area contributed by atoms with E-state index in [-0.39, 0.29) is 23.1 Å². The molecule has 114 valence electrons. The first-order valence-electron chi connectivity index (χ1n) is 7.74. The third kappa shape index (κ3) is 2.52. The Labute approximate surface area is 130 Å². The number of hydrogen-bond acceptors (Lipinski definition) is 2. The van der Waals surface area contributed by atoms with Gasteiger partial charge in [0.05, 0.1) is 5.92 Å². The highest BCUT2D eigenvalue weighted by molar-refractivity contribution is 6.03. The quantitative estimate of drug-likeness (QED) is 0.816. The highest BCUT2D eigenvalue weighted by Gasteiger charge is 2.30. The second-order valence-corrected chi connectivity index (χ2v) is 7.00. The van der Waals surface area contributed by atoms with Gasteiger partial charge in [-0.2, -0.15) is 0 Å². The van der Waals surface area contributed by atoms with Crippen LogP contribution in [-0.2, 0) is 15.0 Å². The van der Waals surface area contributed by atoms with Gasteiger partial charge in [-0.3, -0.25) is 14.9 Å². The predicted molar refractivity (Wildman–Crippen MR) is 87.8 cm³/mol. The summed E-state index contributed by atoms with van der Waals surface area (Å²) in [6.45, 7) is 6.58. The van der Waals surface area contributed by atoms with Crippen molar-refractivity contribution in [2.24, 2.45) is 0 Å². The fourth-order valence-electron chi connectivity index (χ4n) is 3.27. The van der Waals surface area contributed by atoms with Gasteiger partial charge in [-0.25, -0.2) is 0 Å². The molecule has 2 aromatic carbocycles. The van der Waals surface area contributed by atoms with Crippen LogP contribution < -0.4 is 5.32 Å². The van der Waals surface area contributed by atoms with E-state index in [1.807, 2.05) is 12.1 Å². The molecule has 1 N–H and O–H groups in total. The molecular formula is C19H21NO2. The third-order valence-electron chi connectivity index (χ3n) is 4.38. The normalized spacial score (nSPS) is 19.3. The van der Waals surface area contributed by atoms with Gasteiger partial charge in [0.15, 0.2) is 0 Å². The van der Waals surface area contributed by atoms with E-state index < -0.39 is 0 Å². The van der Waals surface area contributed by atoms with Crippen molar-refractivity contribution in [3.8, 4) is 0 Å². The molecule has 1 unspecified atom stereocenters. The molecule has 0 radical (unpaired) electrons. The van der Waals surface area contributed by atoms with Crippen LogP contribution in [0.4, 0.5) is 0 Å². The Morgan fingerprint density at radius 3 is 2.32 bits per heavy atom. The molecule has 3 rings (SSSR count). The monoisotopic (exact) mass is 295 g/mol. The van der Waals surface area contributed by atoms with Gasteiger partial charge in [-0.1, -0.05) is 57.2 Å². The predicted octanol–water partition coefficient (Wildman–Crippen LogP) is 3.66. The zero-order valence-corrected chi connectivity index (χ0v) is 13.3. The zero-order valence-electron chi connectivity index (χ0n) is 13.3. The van der Waals surface area contributed by atoms with Crippen molar-refractivity contribution in [2.45, 2.75) is 44.9 Å². The number of benzene rings is 2. The van der Waals surface area contributed by atoms with Gasteiger partial charge in [-0.05, 0) is 33.7 Å². The number of hydrogen-bond donors (Lipinski definition) is 1. The number of amides is 2. The molecule has 0 aromatic heterocycles. The van der Waals surface area contributed by atoms with Gasteiger partial charge in [-0.15, -0.1) is 0 Å². The third-order valence-corrected chi connectivity index (χ3v) is 4.38. The Balaban J connectivity index is 2.16. The van der Waals surface area contributed by atoms with Gasteiger partial charge in [0.2, 0.25) is 11.8 Å². The van der Waals surface area contributed by atoms with Gasteiger partial charge in [0, 0.05) is 6.42 Å². The number of fused-ring (bicyclic) bond motifs is 1. The second kappa shape index (κ2) is 5.24. The Kier molecular flexibility index (Phi) is 3.51. The molecule has 1 fully saturated rings. The molecule has 2 aromatic rings. The van der Waals surface area contributed by atoms with E-state index in [9.17, 15) is 9.59 Å². The number of carbonyl (C=O) groups is 2. The maximum absolute atomic E-state index is 12.2. The molecule has 0 bridgehead atoms. The molecule has 1 aliphatic heterocycles. The van der Waals surface area contributed by atoms with Crippen molar-refractivity contribution in [1.29, 1.82) is 0 Å². The number of carbonyl (C=O) groups excluding carboxylic acids is 2. The van der Waals surface area contributed by atoms with Crippen molar-refractivity contribution >= 4 is 22.6 Å². The lowest BCUT2D eigenvalue weighted by Gasteiger charge is -2.26. The molecule has 0 saturated carbocycles. The van der Waals surface area contributed by atoms with Gasteiger partial charge in [0.25, 0.3) is 0 Å². The van der Waals surface area contributed by atoms with E-state index in [0.29, 0.717) is 12.8 Å². The highest BCUT2D eigenvalue weighted by Crippen LogP contribution is 2.36. The topological polar surface area (TPSA) is 46.2 Å². The van der Waals surface area contributed by atoms with Gasteiger partial charge >= 0.3 is 0 Å². The smallest absolute Gasteiger partial charge is 0.234 e. The molecule has 1 aliphatic rings. The van der Waals surface area contributed by atoms with Crippen molar-refractivity contribution in [3.05, 3.63) is 47.5 Å². The fourth-order valence-corrected chi connectivity index (χ4v) is 3.27. The minimum atomic E-state index is -0.239. The van der Waals surface area contributed by atoms with Crippen molar-refractivity contribution in [1.82, 2.24) is 5.32 Å². The standard InChI is InChI=1S/C19H21NO2/c1-19(2,3)16-10-8-13(12-6-4-5-7-14(12)16)15-9-11-17(21)20-18(15)22/h4-8,10,15H,9,11H2,1-3H3,(H,20,21,22). The average molecular weight is 295 g/mol. The van der Waals surface area contributed by atoms with Crippen LogP contribution in [0.5, 0.6) is 0 Å². The Hall–Kier alpha value is -2.16. The van der Waals surface area contributed by atoms with E-state index in [1.165, 1.54) is 10.9 Å². The second-order valence-electron chi connectivity index (χ2n) is 7.00. The minimum absolute atomic E-state index is 0.0446. The van der Waals surface area contributed by atoms with Crippen molar-refractivity contribution in [2.75, 3.05) is 0 Å². The van der Waals surface area contributed by atoms with E-state index in [2.05, 4.69) is 50.4 Å². The number of piperidine rings is 1. The van der Waals surface area contributed by atoms with Crippen LogP contribution in [-0.4, -0.2) is 11.8 Å². The molecule has 3 nitrogen and oxygen atoms in total. The maximum atomic E-state index is 12.2. The van der Waals surface area contributed by atoms with E-state index in [0.717, 1.165) is 10.9 Å². The molecule has 0 spiro atoms. The van der Waals surface area contributed by atoms with Crippen LogP contribution in [0.1, 0.15) is 50.7 Å². The van der Waals surface area contributed by atoms with Crippen LogP contribution in [0.25, 0.3) is 10.8 Å².